The number of hydrogen-bond acceptors (Lipinski definition) is 3. The van der Waals surface area contributed by atoms with Crippen LogP contribution in [0.25, 0.3) is 0 Å². The highest BCUT2D eigenvalue weighted by molar-refractivity contribution is 7.98. The summed E-state index contributed by atoms with van der Waals surface area (Å²) >= 11 is 1.68. The number of nitriles is 1. The van der Waals surface area contributed by atoms with Crippen LogP contribution in [-0.4, -0.2) is 12.3 Å². The summed E-state index contributed by atoms with van der Waals surface area (Å²) in [6.45, 7) is 1.84. The first-order valence-electron chi connectivity index (χ1n) is 4.07. The smallest absolute Gasteiger partial charge is 0.111 e. The van der Waals surface area contributed by atoms with Gasteiger partial charge in [-0.3, -0.25) is 0 Å². The summed E-state index contributed by atoms with van der Waals surface area (Å²) in [5, 5.41) is 11.8. The molecule has 3 heteroatoms. The van der Waals surface area contributed by atoms with Crippen molar-refractivity contribution < 1.29 is 0 Å². The van der Waals surface area contributed by atoms with E-state index in [0.29, 0.717) is 0 Å². The fourth-order valence-corrected chi connectivity index (χ4v) is 1.59. The number of nitrogens with zero attached hydrogens (tertiary/aromatic N) is 1. The minimum Gasteiger partial charge on any atom is -0.369 e. The second-order valence-electron chi connectivity index (χ2n) is 2.70. The molecule has 0 radical (unpaired) electrons. The molecule has 1 atom stereocenters. The van der Waals surface area contributed by atoms with Crippen LogP contribution in [0, 0.1) is 11.3 Å². The van der Waals surface area contributed by atoms with E-state index < -0.39 is 0 Å². The molecule has 1 aromatic rings. The molecule has 0 bridgehead atoms. The first-order chi connectivity index (χ1) is 6.27. The van der Waals surface area contributed by atoms with Crippen molar-refractivity contribution in [1.29, 1.82) is 5.26 Å². The Kier molecular flexibility index (Phi) is 3.66. The van der Waals surface area contributed by atoms with Crippen molar-refractivity contribution in [2.24, 2.45) is 0 Å². The molecule has 0 saturated carbocycles. The summed E-state index contributed by atoms with van der Waals surface area (Å²) in [5.41, 5.74) is 1.03. The van der Waals surface area contributed by atoms with Crippen molar-refractivity contribution >= 4 is 17.4 Å². The van der Waals surface area contributed by atoms with Crippen molar-refractivity contribution in [2.45, 2.75) is 17.9 Å². The summed E-state index contributed by atoms with van der Waals surface area (Å²) in [6.07, 6.45) is 2.03. The highest BCUT2D eigenvalue weighted by Gasteiger charge is 2.02. The summed E-state index contributed by atoms with van der Waals surface area (Å²) in [4.78, 5) is 1.17. The van der Waals surface area contributed by atoms with E-state index in [4.69, 9.17) is 5.26 Å². The minimum absolute atomic E-state index is 0.145. The number of para-hydroxylation sites is 1. The Bertz CT molecular complexity index is 317. The number of benzene rings is 1. The number of hydrogen-bond donors (Lipinski definition) is 1. The van der Waals surface area contributed by atoms with Crippen LogP contribution >= 0.6 is 11.8 Å². The lowest BCUT2D eigenvalue weighted by molar-refractivity contribution is 1.00. The van der Waals surface area contributed by atoms with E-state index in [2.05, 4.69) is 11.4 Å². The van der Waals surface area contributed by atoms with Crippen LogP contribution < -0.4 is 5.32 Å². The first-order valence-corrected chi connectivity index (χ1v) is 5.29. The molecule has 13 heavy (non-hydrogen) atoms. The summed E-state index contributed by atoms with van der Waals surface area (Å²) in [6, 6.07) is 9.98. The normalized spacial score (nSPS) is 11.8. The standard InChI is InChI=1S/C10H12N2S/c1-8(7-11)12-9-5-3-4-6-10(9)13-2/h3-6,8,12H,1-2H3. The molecular formula is C10H12N2S. The lowest BCUT2D eigenvalue weighted by Crippen LogP contribution is -2.12. The maximum absolute atomic E-state index is 8.64. The lowest BCUT2D eigenvalue weighted by Gasteiger charge is -2.11. The summed E-state index contributed by atoms with van der Waals surface area (Å²) in [5.74, 6) is 0. The molecule has 1 N–H and O–H groups in total. The van der Waals surface area contributed by atoms with Gasteiger partial charge in [-0.25, -0.2) is 0 Å². The van der Waals surface area contributed by atoms with Gasteiger partial charge < -0.3 is 5.32 Å². The average molecular weight is 192 g/mol. The van der Waals surface area contributed by atoms with Gasteiger partial charge in [-0.2, -0.15) is 5.26 Å². The average Bonchev–Trinajstić information content (AvgIpc) is 2.18. The largest absolute Gasteiger partial charge is 0.369 e. The van der Waals surface area contributed by atoms with Crippen LogP contribution in [0.4, 0.5) is 5.69 Å². The lowest BCUT2D eigenvalue weighted by atomic mass is 10.3. The Labute approximate surface area is 83.0 Å². The molecule has 0 aliphatic carbocycles. The van der Waals surface area contributed by atoms with Gasteiger partial charge in [0.05, 0.1) is 6.07 Å². The molecule has 0 fully saturated rings. The van der Waals surface area contributed by atoms with E-state index in [1.54, 1.807) is 11.8 Å². The molecule has 0 saturated heterocycles. The van der Waals surface area contributed by atoms with Crippen molar-refractivity contribution in [3.05, 3.63) is 24.3 Å². The molecule has 0 amide bonds. The van der Waals surface area contributed by atoms with Crippen molar-refractivity contribution in [3.8, 4) is 6.07 Å². The Morgan fingerprint density at radius 1 is 1.46 bits per heavy atom. The molecule has 1 unspecified atom stereocenters. The second kappa shape index (κ2) is 4.78. The number of nitrogens with one attached hydrogen (secondary N) is 1. The molecule has 2 nitrogen and oxygen atoms in total. The molecular weight excluding hydrogens is 180 g/mol. The van der Waals surface area contributed by atoms with Gasteiger partial charge in [0.1, 0.15) is 6.04 Å². The van der Waals surface area contributed by atoms with Gasteiger partial charge in [0.15, 0.2) is 0 Å². The van der Waals surface area contributed by atoms with Gasteiger partial charge in [-0.1, -0.05) is 12.1 Å². The topological polar surface area (TPSA) is 35.8 Å². The highest BCUT2D eigenvalue weighted by Crippen LogP contribution is 2.24. The SMILES string of the molecule is CSc1ccccc1NC(C)C#N. The molecule has 0 spiro atoms. The third-order valence-electron chi connectivity index (χ3n) is 1.67. The number of thioether (sulfide) groups is 1. The number of anilines is 1. The van der Waals surface area contributed by atoms with Crippen LogP contribution in [-0.2, 0) is 0 Å². The molecule has 0 aromatic heterocycles. The predicted molar refractivity (Wildman–Crippen MR) is 56.9 cm³/mol. The van der Waals surface area contributed by atoms with Crippen LogP contribution in [0.2, 0.25) is 0 Å². The molecule has 0 heterocycles. The third kappa shape index (κ3) is 2.67. The van der Waals surface area contributed by atoms with Crippen LogP contribution in [0.5, 0.6) is 0 Å². The van der Waals surface area contributed by atoms with Gasteiger partial charge in [0.25, 0.3) is 0 Å². The first kappa shape index (κ1) is 9.94. The van der Waals surface area contributed by atoms with Crippen LogP contribution in [0.1, 0.15) is 6.92 Å². The Morgan fingerprint density at radius 2 is 2.15 bits per heavy atom. The van der Waals surface area contributed by atoms with Gasteiger partial charge >= 0.3 is 0 Å². The van der Waals surface area contributed by atoms with E-state index in [9.17, 15) is 0 Å². The maximum atomic E-state index is 8.64. The fourth-order valence-electron chi connectivity index (χ4n) is 1.03. The van der Waals surface area contributed by atoms with Crippen molar-refractivity contribution in [1.82, 2.24) is 0 Å². The van der Waals surface area contributed by atoms with Gasteiger partial charge in [0.2, 0.25) is 0 Å². The molecule has 1 aromatic carbocycles. The van der Waals surface area contributed by atoms with Crippen LogP contribution in [0.3, 0.4) is 0 Å². The quantitative estimate of drug-likeness (QED) is 0.748. The Morgan fingerprint density at radius 3 is 2.77 bits per heavy atom. The zero-order valence-electron chi connectivity index (χ0n) is 7.74. The van der Waals surface area contributed by atoms with E-state index in [0.717, 1.165) is 5.69 Å². The predicted octanol–water partition coefficient (Wildman–Crippen LogP) is 2.73. The summed E-state index contributed by atoms with van der Waals surface area (Å²) < 4.78 is 0. The molecule has 0 aliphatic rings. The third-order valence-corrected chi connectivity index (χ3v) is 2.47. The zero-order chi connectivity index (χ0) is 9.68. The fraction of sp³-hybridized carbons (Fsp3) is 0.300. The molecule has 1 rings (SSSR count). The minimum atomic E-state index is -0.145. The van der Waals surface area contributed by atoms with E-state index >= 15 is 0 Å². The molecule has 0 aliphatic heterocycles. The summed E-state index contributed by atoms with van der Waals surface area (Å²) in [7, 11) is 0. The Hall–Kier alpha value is -1.14. The monoisotopic (exact) mass is 192 g/mol. The van der Waals surface area contributed by atoms with Crippen LogP contribution in [0.15, 0.2) is 29.2 Å². The van der Waals surface area contributed by atoms with Gasteiger partial charge in [0, 0.05) is 10.6 Å². The zero-order valence-corrected chi connectivity index (χ0v) is 8.56. The van der Waals surface area contributed by atoms with Crippen molar-refractivity contribution in [3.63, 3.8) is 0 Å². The highest BCUT2D eigenvalue weighted by atomic mass is 32.2. The van der Waals surface area contributed by atoms with E-state index in [-0.39, 0.29) is 6.04 Å². The molecule has 68 valence electrons. The Balaban J connectivity index is 2.82. The number of rotatable bonds is 3. The van der Waals surface area contributed by atoms with Crippen molar-refractivity contribution in [2.75, 3.05) is 11.6 Å². The van der Waals surface area contributed by atoms with Gasteiger partial charge in [-0.15, -0.1) is 11.8 Å². The van der Waals surface area contributed by atoms with Gasteiger partial charge in [-0.05, 0) is 25.3 Å². The van der Waals surface area contributed by atoms with E-state index in [1.165, 1.54) is 4.90 Å². The second-order valence-corrected chi connectivity index (χ2v) is 3.54. The van der Waals surface area contributed by atoms with E-state index in [1.807, 2.05) is 37.4 Å². The maximum Gasteiger partial charge on any atom is 0.111 e.